The number of carbonyl (C=O) groups excluding carboxylic acids is 2. The molecule has 0 bridgehead atoms. The molecule has 6 nitrogen and oxygen atoms in total. The molecule has 2 amide bonds. The number of hydrogen-bond acceptors (Lipinski definition) is 3. The molecule has 1 aliphatic heterocycles. The first kappa shape index (κ1) is 18.2. The SMILES string of the molecule is Cc1ccc(N2CC(C(=O)NCCc3c(C)nn(C)c3C)CC2=O)cc1. The van der Waals surface area contributed by atoms with E-state index in [9.17, 15) is 9.59 Å². The second-order valence-corrected chi connectivity index (χ2v) is 7.05. The molecule has 0 saturated carbocycles. The van der Waals surface area contributed by atoms with Gasteiger partial charge in [-0.25, -0.2) is 0 Å². The van der Waals surface area contributed by atoms with E-state index in [0.717, 1.165) is 29.1 Å². The van der Waals surface area contributed by atoms with Crippen LogP contribution < -0.4 is 10.2 Å². The fourth-order valence-corrected chi connectivity index (χ4v) is 3.49. The molecular weight excluding hydrogens is 328 g/mol. The number of hydrogen-bond donors (Lipinski definition) is 1. The van der Waals surface area contributed by atoms with E-state index in [1.165, 1.54) is 5.56 Å². The van der Waals surface area contributed by atoms with Crippen LogP contribution in [0.3, 0.4) is 0 Å². The highest BCUT2D eigenvalue weighted by Gasteiger charge is 2.34. The Morgan fingerprint density at radius 3 is 2.54 bits per heavy atom. The minimum atomic E-state index is -0.292. The lowest BCUT2D eigenvalue weighted by molar-refractivity contribution is -0.126. The molecule has 1 N–H and O–H groups in total. The molecule has 138 valence electrons. The Morgan fingerprint density at radius 2 is 1.92 bits per heavy atom. The van der Waals surface area contributed by atoms with Gasteiger partial charge in [0.1, 0.15) is 0 Å². The zero-order chi connectivity index (χ0) is 18.8. The number of benzene rings is 1. The fourth-order valence-electron chi connectivity index (χ4n) is 3.49. The molecule has 2 aromatic rings. The second-order valence-electron chi connectivity index (χ2n) is 7.05. The zero-order valence-corrected chi connectivity index (χ0v) is 15.9. The molecule has 0 radical (unpaired) electrons. The minimum absolute atomic E-state index is 0.00736. The van der Waals surface area contributed by atoms with E-state index in [1.807, 2.05) is 56.8 Å². The van der Waals surface area contributed by atoms with Gasteiger partial charge in [0.05, 0.1) is 11.6 Å². The van der Waals surface area contributed by atoms with Crippen LogP contribution in [-0.4, -0.2) is 34.7 Å². The lowest BCUT2D eigenvalue weighted by Gasteiger charge is -2.17. The van der Waals surface area contributed by atoms with Crippen LogP contribution in [0.25, 0.3) is 0 Å². The third-order valence-electron chi connectivity index (χ3n) is 5.17. The maximum absolute atomic E-state index is 12.5. The largest absolute Gasteiger partial charge is 0.355 e. The number of rotatable bonds is 5. The molecule has 1 unspecified atom stereocenters. The lowest BCUT2D eigenvalue weighted by atomic mass is 10.1. The predicted octanol–water partition coefficient (Wildman–Crippen LogP) is 2.06. The molecule has 0 spiro atoms. The van der Waals surface area contributed by atoms with E-state index in [-0.39, 0.29) is 24.2 Å². The quantitative estimate of drug-likeness (QED) is 0.894. The average molecular weight is 354 g/mol. The van der Waals surface area contributed by atoms with Crippen molar-refractivity contribution in [3.05, 3.63) is 46.8 Å². The maximum Gasteiger partial charge on any atom is 0.227 e. The van der Waals surface area contributed by atoms with Gasteiger partial charge >= 0.3 is 0 Å². The van der Waals surface area contributed by atoms with Crippen molar-refractivity contribution in [3.8, 4) is 0 Å². The summed E-state index contributed by atoms with van der Waals surface area (Å²) < 4.78 is 1.86. The Morgan fingerprint density at radius 1 is 1.23 bits per heavy atom. The highest BCUT2D eigenvalue weighted by Crippen LogP contribution is 2.25. The number of nitrogens with one attached hydrogen (secondary N) is 1. The van der Waals surface area contributed by atoms with Gasteiger partial charge < -0.3 is 10.2 Å². The summed E-state index contributed by atoms with van der Waals surface area (Å²) in [7, 11) is 1.92. The molecule has 3 rings (SSSR count). The standard InChI is InChI=1S/C20H26N4O2/c1-13-5-7-17(8-6-13)24-12-16(11-19(24)25)20(26)21-10-9-18-14(2)22-23(4)15(18)3/h5-8,16H,9-12H2,1-4H3,(H,21,26). The van der Waals surface area contributed by atoms with Gasteiger partial charge in [-0.3, -0.25) is 14.3 Å². The highest BCUT2D eigenvalue weighted by atomic mass is 16.2. The summed E-state index contributed by atoms with van der Waals surface area (Å²) in [6, 6.07) is 7.83. The van der Waals surface area contributed by atoms with Gasteiger partial charge in [-0.05, 0) is 44.9 Å². The summed E-state index contributed by atoms with van der Waals surface area (Å²) >= 11 is 0. The van der Waals surface area contributed by atoms with Crippen LogP contribution >= 0.6 is 0 Å². The van der Waals surface area contributed by atoms with E-state index in [4.69, 9.17) is 0 Å². The highest BCUT2D eigenvalue weighted by molar-refractivity contribution is 6.00. The van der Waals surface area contributed by atoms with E-state index in [0.29, 0.717) is 13.1 Å². The molecule has 1 aliphatic rings. The van der Waals surface area contributed by atoms with Gasteiger partial charge in [0, 0.05) is 37.9 Å². The van der Waals surface area contributed by atoms with Crippen molar-refractivity contribution in [2.75, 3.05) is 18.0 Å². The molecule has 0 aliphatic carbocycles. The Labute approximate surface area is 154 Å². The van der Waals surface area contributed by atoms with Crippen molar-refractivity contribution in [2.24, 2.45) is 13.0 Å². The summed E-state index contributed by atoms with van der Waals surface area (Å²) in [5.41, 5.74) is 5.31. The molecule has 1 fully saturated rings. The summed E-state index contributed by atoms with van der Waals surface area (Å²) in [4.78, 5) is 26.5. The normalized spacial score (nSPS) is 17.0. The third-order valence-corrected chi connectivity index (χ3v) is 5.17. The first-order valence-corrected chi connectivity index (χ1v) is 9.00. The summed E-state index contributed by atoms with van der Waals surface area (Å²) in [6.45, 7) is 7.03. The smallest absolute Gasteiger partial charge is 0.227 e. The minimum Gasteiger partial charge on any atom is -0.355 e. The van der Waals surface area contributed by atoms with Crippen molar-refractivity contribution in [1.82, 2.24) is 15.1 Å². The van der Waals surface area contributed by atoms with Crippen LogP contribution in [0.1, 0.15) is 28.9 Å². The number of anilines is 1. The first-order valence-electron chi connectivity index (χ1n) is 9.00. The molecular formula is C20H26N4O2. The predicted molar refractivity (Wildman–Crippen MR) is 101 cm³/mol. The molecule has 1 atom stereocenters. The summed E-state index contributed by atoms with van der Waals surface area (Å²) in [5.74, 6) is -0.333. The topological polar surface area (TPSA) is 67.2 Å². The molecule has 2 heterocycles. The Bertz CT molecular complexity index is 823. The number of aryl methyl sites for hydroxylation is 3. The summed E-state index contributed by atoms with van der Waals surface area (Å²) in [5, 5.41) is 7.38. The van der Waals surface area contributed by atoms with E-state index in [1.54, 1.807) is 4.90 Å². The Balaban J connectivity index is 1.55. The van der Waals surface area contributed by atoms with Crippen LogP contribution in [0.15, 0.2) is 24.3 Å². The number of carbonyl (C=O) groups is 2. The van der Waals surface area contributed by atoms with Crippen molar-refractivity contribution < 1.29 is 9.59 Å². The van der Waals surface area contributed by atoms with Crippen molar-refractivity contribution in [1.29, 1.82) is 0 Å². The van der Waals surface area contributed by atoms with E-state index in [2.05, 4.69) is 10.4 Å². The molecule has 1 saturated heterocycles. The third kappa shape index (κ3) is 3.64. The Kier molecular flexibility index (Phi) is 5.11. The number of nitrogens with zero attached hydrogens (tertiary/aromatic N) is 3. The molecule has 6 heteroatoms. The Hall–Kier alpha value is -2.63. The van der Waals surface area contributed by atoms with Crippen LogP contribution in [0, 0.1) is 26.7 Å². The van der Waals surface area contributed by atoms with Crippen molar-refractivity contribution in [3.63, 3.8) is 0 Å². The molecule has 26 heavy (non-hydrogen) atoms. The fraction of sp³-hybridized carbons (Fsp3) is 0.450. The maximum atomic E-state index is 12.5. The molecule has 1 aromatic heterocycles. The zero-order valence-electron chi connectivity index (χ0n) is 15.9. The van der Waals surface area contributed by atoms with Gasteiger partial charge in [0.2, 0.25) is 11.8 Å². The lowest BCUT2D eigenvalue weighted by Crippen LogP contribution is -2.34. The number of aromatic nitrogens is 2. The van der Waals surface area contributed by atoms with Crippen LogP contribution in [0.5, 0.6) is 0 Å². The average Bonchev–Trinajstić information content (AvgIpc) is 3.10. The summed E-state index contributed by atoms with van der Waals surface area (Å²) in [6.07, 6.45) is 1.02. The van der Waals surface area contributed by atoms with Gasteiger partial charge in [-0.2, -0.15) is 5.10 Å². The van der Waals surface area contributed by atoms with E-state index >= 15 is 0 Å². The van der Waals surface area contributed by atoms with Crippen LogP contribution in [0.2, 0.25) is 0 Å². The van der Waals surface area contributed by atoms with Crippen molar-refractivity contribution >= 4 is 17.5 Å². The molecule has 1 aromatic carbocycles. The van der Waals surface area contributed by atoms with Crippen LogP contribution in [0.4, 0.5) is 5.69 Å². The van der Waals surface area contributed by atoms with Gasteiger partial charge in [-0.1, -0.05) is 17.7 Å². The second kappa shape index (κ2) is 7.32. The van der Waals surface area contributed by atoms with Crippen molar-refractivity contribution in [2.45, 2.75) is 33.6 Å². The van der Waals surface area contributed by atoms with Crippen LogP contribution in [-0.2, 0) is 23.1 Å². The van der Waals surface area contributed by atoms with Gasteiger partial charge in [0.25, 0.3) is 0 Å². The van der Waals surface area contributed by atoms with Gasteiger partial charge in [-0.15, -0.1) is 0 Å². The number of amides is 2. The van der Waals surface area contributed by atoms with Gasteiger partial charge in [0.15, 0.2) is 0 Å². The van der Waals surface area contributed by atoms with E-state index < -0.39 is 0 Å². The monoisotopic (exact) mass is 354 g/mol. The first-order chi connectivity index (χ1) is 12.4.